The van der Waals surface area contributed by atoms with E-state index in [4.69, 9.17) is 0 Å². The van der Waals surface area contributed by atoms with Gasteiger partial charge in [-0.1, -0.05) is 48.0 Å². The van der Waals surface area contributed by atoms with Crippen LogP contribution in [0.4, 0.5) is 4.39 Å². The van der Waals surface area contributed by atoms with Crippen molar-refractivity contribution >= 4 is 5.57 Å². The molecule has 1 heterocycles. The summed E-state index contributed by atoms with van der Waals surface area (Å²) in [5, 5.41) is 0. The van der Waals surface area contributed by atoms with Crippen LogP contribution in [0.25, 0.3) is 5.57 Å². The molecule has 2 nitrogen and oxygen atoms in total. The highest BCUT2D eigenvalue weighted by Crippen LogP contribution is 2.34. The fraction of sp³-hybridized carbons (Fsp3) is 0.333. The Balaban J connectivity index is 0.000000471. The Bertz CT molecular complexity index is 689. The lowest BCUT2D eigenvalue weighted by Gasteiger charge is -2.19. The summed E-state index contributed by atoms with van der Waals surface area (Å²) in [7, 11) is 8.08. The molecule has 1 unspecified atom stereocenters. The summed E-state index contributed by atoms with van der Waals surface area (Å²) >= 11 is 0. The normalized spacial score (nSPS) is 17.5. The van der Waals surface area contributed by atoms with E-state index in [0.29, 0.717) is 0 Å². The van der Waals surface area contributed by atoms with E-state index in [-0.39, 0.29) is 11.9 Å². The summed E-state index contributed by atoms with van der Waals surface area (Å²) in [6.07, 6.45) is 2.17. The summed E-state index contributed by atoms with van der Waals surface area (Å²) in [5.74, 6) is -0.135. The molecule has 3 rings (SSSR count). The number of aryl methyl sites for hydroxylation is 1. The van der Waals surface area contributed by atoms with Crippen molar-refractivity contribution in [3.05, 3.63) is 77.1 Å². The number of hydrogen-bond donors (Lipinski definition) is 0. The molecule has 0 aliphatic carbocycles. The fourth-order valence-corrected chi connectivity index (χ4v) is 2.80. The lowest BCUT2D eigenvalue weighted by molar-refractivity contribution is 0.342. The van der Waals surface area contributed by atoms with Gasteiger partial charge in [0.15, 0.2) is 0 Å². The molecular formula is C21H27FN2. The highest BCUT2D eigenvalue weighted by molar-refractivity contribution is 5.71. The van der Waals surface area contributed by atoms with E-state index in [9.17, 15) is 4.39 Å². The number of hydrogen-bond acceptors (Lipinski definition) is 2. The van der Waals surface area contributed by atoms with Gasteiger partial charge in [-0.25, -0.2) is 4.39 Å². The van der Waals surface area contributed by atoms with Crippen LogP contribution in [0.15, 0.2) is 54.6 Å². The summed E-state index contributed by atoms with van der Waals surface area (Å²) in [5.41, 5.74) is 4.14. The third kappa shape index (κ3) is 4.76. The highest BCUT2D eigenvalue weighted by atomic mass is 19.1. The van der Waals surface area contributed by atoms with E-state index in [0.717, 1.165) is 23.2 Å². The van der Waals surface area contributed by atoms with Gasteiger partial charge in [-0.3, -0.25) is 4.90 Å². The first kappa shape index (κ1) is 18.4. The number of likely N-dealkylation sites (N-methyl/N-ethyl adjacent to an activating group) is 1. The SMILES string of the molecule is CN(C)C.Cc1ccc(F)c(C2=CC(c3ccccc3)N(C)C2)c1. The van der Waals surface area contributed by atoms with Crippen molar-refractivity contribution in [1.82, 2.24) is 9.80 Å². The first-order valence-corrected chi connectivity index (χ1v) is 8.22. The zero-order valence-electron chi connectivity index (χ0n) is 15.3. The average molecular weight is 326 g/mol. The maximum atomic E-state index is 14.0. The van der Waals surface area contributed by atoms with Crippen molar-refractivity contribution in [3.8, 4) is 0 Å². The van der Waals surface area contributed by atoms with Gasteiger partial charge in [-0.15, -0.1) is 0 Å². The van der Waals surface area contributed by atoms with Crippen molar-refractivity contribution in [2.24, 2.45) is 0 Å². The average Bonchev–Trinajstić information content (AvgIpc) is 2.92. The summed E-state index contributed by atoms with van der Waals surface area (Å²) in [4.78, 5) is 4.24. The Hall–Kier alpha value is -1.97. The Kier molecular flexibility index (Phi) is 6.29. The molecule has 0 fully saturated rings. The minimum absolute atomic E-state index is 0.135. The van der Waals surface area contributed by atoms with E-state index < -0.39 is 0 Å². The fourth-order valence-electron chi connectivity index (χ4n) is 2.80. The molecule has 0 amide bonds. The van der Waals surface area contributed by atoms with Gasteiger partial charge in [0.1, 0.15) is 5.82 Å². The molecule has 0 radical (unpaired) electrons. The van der Waals surface area contributed by atoms with Crippen LogP contribution >= 0.6 is 0 Å². The van der Waals surface area contributed by atoms with Crippen molar-refractivity contribution in [3.63, 3.8) is 0 Å². The predicted molar refractivity (Wildman–Crippen MR) is 101 cm³/mol. The number of rotatable bonds is 2. The molecule has 0 saturated carbocycles. The third-order valence-electron chi connectivity index (χ3n) is 3.86. The third-order valence-corrected chi connectivity index (χ3v) is 3.86. The van der Waals surface area contributed by atoms with Gasteiger partial charge in [0.25, 0.3) is 0 Å². The Morgan fingerprint density at radius 2 is 1.67 bits per heavy atom. The van der Waals surface area contributed by atoms with Crippen LogP contribution in [0.2, 0.25) is 0 Å². The number of benzene rings is 2. The summed E-state index contributed by atoms with van der Waals surface area (Å²) in [6.45, 7) is 2.77. The van der Waals surface area contributed by atoms with Crippen molar-refractivity contribution in [2.45, 2.75) is 13.0 Å². The zero-order valence-corrected chi connectivity index (χ0v) is 15.3. The molecule has 1 atom stereocenters. The summed E-state index contributed by atoms with van der Waals surface area (Å²) < 4.78 is 14.0. The second-order valence-electron chi connectivity index (χ2n) is 6.79. The lowest BCUT2D eigenvalue weighted by atomic mass is 10.0. The maximum Gasteiger partial charge on any atom is 0.130 e. The van der Waals surface area contributed by atoms with Gasteiger partial charge in [-0.2, -0.15) is 0 Å². The first-order valence-electron chi connectivity index (χ1n) is 8.22. The standard InChI is InChI=1S/C18H18FN.C3H9N/c1-13-8-9-17(19)16(10-13)15-11-18(20(2)12-15)14-6-4-3-5-7-14;1-4(2)3/h3-11,18H,12H2,1-2H3;1-3H3. The van der Waals surface area contributed by atoms with Gasteiger partial charge in [-0.05, 0) is 58.4 Å². The molecule has 128 valence electrons. The molecule has 3 heteroatoms. The van der Waals surface area contributed by atoms with E-state index in [2.05, 4.69) is 30.2 Å². The molecule has 0 N–H and O–H groups in total. The minimum Gasteiger partial charge on any atom is -0.312 e. The van der Waals surface area contributed by atoms with Gasteiger partial charge < -0.3 is 4.90 Å². The van der Waals surface area contributed by atoms with Crippen LogP contribution in [-0.4, -0.2) is 44.5 Å². The summed E-state index contributed by atoms with van der Waals surface area (Å²) in [6, 6.07) is 15.9. The van der Waals surface area contributed by atoms with E-state index in [1.54, 1.807) is 6.07 Å². The highest BCUT2D eigenvalue weighted by Gasteiger charge is 2.24. The Morgan fingerprint density at radius 3 is 2.29 bits per heavy atom. The molecule has 0 spiro atoms. The van der Waals surface area contributed by atoms with E-state index in [1.165, 1.54) is 5.56 Å². The van der Waals surface area contributed by atoms with Gasteiger partial charge in [0.05, 0.1) is 6.04 Å². The first-order chi connectivity index (χ1) is 11.4. The Labute approximate surface area is 145 Å². The van der Waals surface area contributed by atoms with Crippen LogP contribution in [0.3, 0.4) is 0 Å². The maximum absolute atomic E-state index is 14.0. The number of nitrogens with zero attached hydrogens (tertiary/aromatic N) is 2. The monoisotopic (exact) mass is 326 g/mol. The van der Waals surface area contributed by atoms with Crippen molar-refractivity contribution in [1.29, 1.82) is 0 Å². The molecular weight excluding hydrogens is 299 g/mol. The molecule has 0 aromatic heterocycles. The molecule has 1 aliphatic heterocycles. The second-order valence-corrected chi connectivity index (χ2v) is 6.79. The Morgan fingerprint density at radius 1 is 1.04 bits per heavy atom. The van der Waals surface area contributed by atoms with E-state index in [1.807, 2.05) is 63.3 Å². The molecule has 2 aromatic carbocycles. The van der Waals surface area contributed by atoms with E-state index >= 15 is 0 Å². The van der Waals surface area contributed by atoms with Crippen LogP contribution in [-0.2, 0) is 0 Å². The molecule has 0 bridgehead atoms. The topological polar surface area (TPSA) is 6.48 Å². The molecule has 2 aromatic rings. The molecule has 1 aliphatic rings. The quantitative estimate of drug-likeness (QED) is 0.808. The largest absolute Gasteiger partial charge is 0.312 e. The lowest BCUT2D eigenvalue weighted by Crippen LogP contribution is -2.19. The van der Waals surface area contributed by atoms with Crippen LogP contribution in [0.5, 0.6) is 0 Å². The predicted octanol–water partition coefficient (Wildman–Crippen LogP) is 4.38. The second kappa shape index (κ2) is 8.22. The van der Waals surface area contributed by atoms with Crippen LogP contribution < -0.4 is 0 Å². The smallest absolute Gasteiger partial charge is 0.130 e. The molecule has 0 saturated heterocycles. The minimum atomic E-state index is -0.135. The van der Waals surface area contributed by atoms with Crippen LogP contribution in [0.1, 0.15) is 22.7 Å². The van der Waals surface area contributed by atoms with Gasteiger partial charge >= 0.3 is 0 Å². The zero-order chi connectivity index (χ0) is 17.7. The van der Waals surface area contributed by atoms with Gasteiger partial charge in [0.2, 0.25) is 0 Å². The van der Waals surface area contributed by atoms with Crippen molar-refractivity contribution in [2.75, 3.05) is 34.7 Å². The van der Waals surface area contributed by atoms with Crippen molar-refractivity contribution < 1.29 is 4.39 Å². The van der Waals surface area contributed by atoms with Gasteiger partial charge in [0, 0.05) is 12.1 Å². The number of halogens is 1. The molecule has 24 heavy (non-hydrogen) atoms. The van der Waals surface area contributed by atoms with Crippen LogP contribution in [0, 0.1) is 12.7 Å².